The largest absolute Gasteiger partial charge is 0.342 e. The van der Waals surface area contributed by atoms with Crippen molar-refractivity contribution in [1.29, 1.82) is 0 Å². The molecule has 1 saturated heterocycles. The highest BCUT2D eigenvalue weighted by atomic mass is 16.2. The van der Waals surface area contributed by atoms with Gasteiger partial charge in [-0.15, -0.1) is 0 Å². The van der Waals surface area contributed by atoms with Gasteiger partial charge in [0.15, 0.2) is 0 Å². The molecule has 3 atom stereocenters. The first-order chi connectivity index (χ1) is 8.20. The average Bonchev–Trinajstić information content (AvgIpc) is 2.39. The van der Waals surface area contributed by atoms with Crippen LogP contribution in [0.2, 0.25) is 0 Å². The summed E-state index contributed by atoms with van der Waals surface area (Å²) in [6, 6.07) is 0.484. The molecule has 17 heavy (non-hydrogen) atoms. The number of hydrogen-bond acceptors (Lipinski definition) is 2. The number of hydrogen-bond donors (Lipinski definition) is 1. The minimum atomic E-state index is 0.225. The number of carbonyl (C=O) groups excluding carboxylic acids is 1. The fourth-order valence-electron chi connectivity index (χ4n) is 3.39. The van der Waals surface area contributed by atoms with Crippen molar-refractivity contribution >= 4 is 5.91 Å². The molecule has 98 valence electrons. The first-order valence-electron chi connectivity index (χ1n) is 7.17. The molecule has 1 heterocycles. The molecule has 0 aromatic rings. The van der Waals surface area contributed by atoms with Crippen LogP contribution in [-0.4, -0.2) is 37.0 Å². The quantitative estimate of drug-likeness (QED) is 0.798. The molecule has 1 amide bonds. The van der Waals surface area contributed by atoms with E-state index in [1.807, 2.05) is 7.05 Å². The fourth-order valence-corrected chi connectivity index (χ4v) is 3.39. The van der Waals surface area contributed by atoms with Crippen molar-refractivity contribution in [3.63, 3.8) is 0 Å². The van der Waals surface area contributed by atoms with E-state index in [0.717, 1.165) is 25.9 Å². The van der Waals surface area contributed by atoms with Crippen LogP contribution in [0, 0.1) is 11.8 Å². The Morgan fingerprint density at radius 3 is 2.59 bits per heavy atom. The summed E-state index contributed by atoms with van der Waals surface area (Å²) >= 11 is 0. The Balaban J connectivity index is 1.92. The van der Waals surface area contributed by atoms with E-state index in [1.165, 1.54) is 25.7 Å². The van der Waals surface area contributed by atoms with Crippen molar-refractivity contribution in [2.24, 2.45) is 11.8 Å². The maximum atomic E-state index is 12.4. The third-order valence-electron chi connectivity index (χ3n) is 4.56. The maximum Gasteiger partial charge on any atom is 0.226 e. The van der Waals surface area contributed by atoms with E-state index in [-0.39, 0.29) is 5.92 Å². The molecule has 3 nitrogen and oxygen atoms in total. The average molecular weight is 238 g/mol. The van der Waals surface area contributed by atoms with Gasteiger partial charge in [-0.25, -0.2) is 0 Å². The van der Waals surface area contributed by atoms with Gasteiger partial charge in [0.25, 0.3) is 0 Å². The zero-order valence-electron chi connectivity index (χ0n) is 11.2. The Bertz CT molecular complexity index is 261. The van der Waals surface area contributed by atoms with E-state index in [0.29, 0.717) is 17.9 Å². The van der Waals surface area contributed by atoms with E-state index in [9.17, 15) is 4.79 Å². The second-order valence-electron chi connectivity index (χ2n) is 5.82. The maximum absolute atomic E-state index is 12.4. The van der Waals surface area contributed by atoms with Crippen LogP contribution in [0.25, 0.3) is 0 Å². The number of carbonyl (C=O) groups is 1. The van der Waals surface area contributed by atoms with Crippen molar-refractivity contribution in [2.75, 3.05) is 20.1 Å². The van der Waals surface area contributed by atoms with E-state index in [2.05, 4.69) is 17.1 Å². The molecule has 0 bridgehead atoms. The summed E-state index contributed by atoms with van der Waals surface area (Å²) in [6.45, 7) is 4.25. The molecule has 0 radical (unpaired) electrons. The van der Waals surface area contributed by atoms with Gasteiger partial charge in [-0.2, -0.15) is 0 Å². The van der Waals surface area contributed by atoms with Crippen molar-refractivity contribution in [3.05, 3.63) is 0 Å². The van der Waals surface area contributed by atoms with Crippen molar-refractivity contribution in [2.45, 2.75) is 51.5 Å². The van der Waals surface area contributed by atoms with Crippen LogP contribution in [0.3, 0.4) is 0 Å². The highest BCUT2D eigenvalue weighted by Gasteiger charge is 2.31. The number of amides is 1. The number of nitrogens with one attached hydrogen (secondary N) is 1. The topological polar surface area (TPSA) is 32.3 Å². The Kier molecular flexibility index (Phi) is 4.43. The lowest BCUT2D eigenvalue weighted by atomic mass is 9.84. The van der Waals surface area contributed by atoms with Gasteiger partial charge < -0.3 is 10.2 Å². The van der Waals surface area contributed by atoms with Gasteiger partial charge in [-0.05, 0) is 38.1 Å². The smallest absolute Gasteiger partial charge is 0.226 e. The molecule has 1 aliphatic carbocycles. The number of rotatable bonds is 2. The summed E-state index contributed by atoms with van der Waals surface area (Å²) in [5.74, 6) is 1.27. The van der Waals surface area contributed by atoms with Gasteiger partial charge in [0, 0.05) is 19.6 Å². The van der Waals surface area contributed by atoms with Gasteiger partial charge in [0.2, 0.25) is 5.91 Å². The molecule has 2 aliphatic rings. The lowest BCUT2D eigenvalue weighted by molar-refractivity contribution is -0.138. The van der Waals surface area contributed by atoms with E-state index >= 15 is 0 Å². The molecule has 2 fully saturated rings. The molecule has 1 saturated carbocycles. The minimum absolute atomic E-state index is 0.225. The molecule has 2 rings (SSSR count). The first kappa shape index (κ1) is 12.9. The Labute approximate surface area is 105 Å². The molecule has 0 aromatic heterocycles. The Morgan fingerprint density at radius 1 is 1.18 bits per heavy atom. The minimum Gasteiger partial charge on any atom is -0.342 e. The van der Waals surface area contributed by atoms with Crippen LogP contribution in [0.4, 0.5) is 0 Å². The van der Waals surface area contributed by atoms with E-state index < -0.39 is 0 Å². The molecule has 3 heteroatoms. The highest BCUT2D eigenvalue weighted by molar-refractivity contribution is 5.79. The first-order valence-corrected chi connectivity index (χ1v) is 7.17. The third-order valence-corrected chi connectivity index (χ3v) is 4.56. The number of nitrogens with zero attached hydrogens (tertiary/aromatic N) is 1. The monoisotopic (exact) mass is 238 g/mol. The van der Waals surface area contributed by atoms with Gasteiger partial charge in [0.05, 0.1) is 5.92 Å². The van der Waals surface area contributed by atoms with E-state index in [4.69, 9.17) is 0 Å². The van der Waals surface area contributed by atoms with Crippen molar-refractivity contribution in [3.8, 4) is 0 Å². The van der Waals surface area contributed by atoms with Crippen LogP contribution in [0.5, 0.6) is 0 Å². The summed E-state index contributed by atoms with van der Waals surface area (Å²) in [4.78, 5) is 14.5. The van der Waals surface area contributed by atoms with Crippen molar-refractivity contribution in [1.82, 2.24) is 10.2 Å². The van der Waals surface area contributed by atoms with E-state index in [1.54, 1.807) is 0 Å². The van der Waals surface area contributed by atoms with Crippen LogP contribution >= 0.6 is 0 Å². The summed E-state index contributed by atoms with van der Waals surface area (Å²) in [7, 11) is 2.02. The predicted octanol–water partition coefficient (Wildman–Crippen LogP) is 2.02. The summed E-state index contributed by atoms with van der Waals surface area (Å²) < 4.78 is 0. The second-order valence-corrected chi connectivity index (χ2v) is 5.82. The van der Waals surface area contributed by atoms with Crippen LogP contribution < -0.4 is 5.32 Å². The molecule has 0 spiro atoms. The lowest BCUT2D eigenvalue weighted by Gasteiger charge is -2.38. The fraction of sp³-hybridized carbons (Fsp3) is 0.929. The summed E-state index contributed by atoms with van der Waals surface area (Å²) in [5.41, 5.74) is 0. The zero-order chi connectivity index (χ0) is 12.3. The number of piperidine rings is 1. The Hall–Kier alpha value is -0.570. The van der Waals surface area contributed by atoms with Gasteiger partial charge in [-0.3, -0.25) is 4.79 Å². The molecule has 1 N–H and O–H groups in total. The van der Waals surface area contributed by atoms with Crippen LogP contribution in [-0.2, 0) is 4.79 Å². The highest BCUT2D eigenvalue weighted by Crippen LogP contribution is 2.28. The second kappa shape index (κ2) is 5.85. The summed E-state index contributed by atoms with van der Waals surface area (Å²) in [5, 5.41) is 3.34. The van der Waals surface area contributed by atoms with Gasteiger partial charge in [0.1, 0.15) is 0 Å². The summed E-state index contributed by atoms with van der Waals surface area (Å²) in [6.07, 6.45) is 7.32. The zero-order valence-corrected chi connectivity index (χ0v) is 11.2. The van der Waals surface area contributed by atoms with Crippen LogP contribution in [0.1, 0.15) is 45.4 Å². The van der Waals surface area contributed by atoms with Crippen LogP contribution in [0.15, 0.2) is 0 Å². The third kappa shape index (κ3) is 3.01. The van der Waals surface area contributed by atoms with Crippen molar-refractivity contribution < 1.29 is 4.79 Å². The predicted molar refractivity (Wildman–Crippen MR) is 69.8 cm³/mol. The SMILES string of the molecule is CC1CCCCC1N(C)C(=O)[C@H]1CCCNC1. The lowest BCUT2D eigenvalue weighted by Crippen LogP contribution is -2.48. The normalized spacial score (nSPS) is 34.4. The van der Waals surface area contributed by atoms with Gasteiger partial charge >= 0.3 is 0 Å². The molecule has 2 unspecified atom stereocenters. The molecular weight excluding hydrogens is 212 g/mol. The standard InChI is InChI=1S/C14H26N2O/c1-11-6-3-4-8-13(11)16(2)14(17)12-7-5-9-15-10-12/h11-13,15H,3-10H2,1-2H3/t11?,12-,13?/m0/s1. The molecule has 1 aliphatic heterocycles. The molecular formula is C14H26N2O. The Morgan fingerprint density at radius 2 is 1.94 bits per heavy atom. The molecule has 0 aromatic carbocycles. The van der Waals surface area contributed by atoms with Gasteiger partial charge in [-0.1, -0.05) is 19.8 Å².